The highest BCUT2D eigenvalue weighted by molar-refractivity contribution is 5.87. The van der Waals surface area contributed by atoms with Gasteiger partial charge in [0.25, 0.3) is 5.56 Å². The fraction of sp³-hybridized carbons (Fsp3) is 0.455. The number of imidazole rings is 1. The molecule has 0 atom stereocenters. The summed E-state index contributed by atoms with van der Waals surface area (Å²) in [6, 6.07) is 0. The number of carbonyl (C=O) groups excluding carboxylic acids is 1. The van der Waals surface area contributed by atoms with Crippen LogP contribution in [0.25, 0.3) is 11.2 Å². The highest BCUT2D eigenvalue weighted by Gasteiger charge is 2.26. The maximum atomic E-state index is 12.0. The first-order valence-electron chi connectivity index (χ1n) is 5.89. The van der Waals surface area contributed by atoms with Gasteiger partial charge in [-0.15, -0.1) is 0 Å². The number of aryl methyl sites for hydroxylation is 1. The first-order valence-corrected chi connectivity index (χ1v) is 5.89. The number of fused-ring (bicyclic) bond motifs is 1. The summed E-state index contributed by atoms with van der Waals surface area (Å²) in [6.45, 7) is 3.17. The Morgan fingerprint density at radius 1 is 1.30 bits per heavy atom. The molecule has 0 radical (unpaired) electrons. The van der Waals surface area contributed by atoms with Crippen LogP contribution in [-0.2, 0) is 18.9 Å². The molecule has 2 aromatic heterocycles. The summed E-state index contributed by atoms with van der Waals surface area (Å²) in [5.41, 5.74) is 3.64. The Hall–Kier alpha value is -2.58. The van der Waals surface area contributed by atoms with E-state index < -0.39 is 22.7 Å². The molecular formula is C11H16N6O3. The van der Waals surface area contributed by atoms with Gasteiger partial charge in [0.05, 0.1) is 0 Å². The summed E-state index contributed by atoms with van der Waals surface area (Å²) in [4.78, 5) is 41.9. The molecular weight excluding hydrogens is 264 g/mol. The van der Waals surface area contributed by atoms with Gasteiger partial charge in [0, 0.05) is 14.1 Å². The first kappa shape index (κ1) is 13.8. The van der Waals surface area contributed by atoms with E-state index in [1.165, 1.54) is 18.7 Å². The average Bonchev–Trinajstić information content (AvgIpc) is 2.77. The molecule has 4 N–H and O–H groups in total. The molecule has 9 heteroatoms. The van der Waals surface area contributed by atoms with Crippen LogP contribution in [0.5, 0.6) is 0 Å². The zero-order valence-electron chi connectivity index (χ0n) is 11.6. The van der Waals surface area contributed by atoms with E-state index in [4.69, 9.17) is 5.73 Å². The second-order valence-electron chi connectivity index (χ2n) is 5.10. The minimum Gasteiger partial charge on any atom is -0.368 e. The molecule has 20 heavy (non-hydrogen) atoms. The number of H-pyrrole nitrogens is 1. The van der Waals surface area contributed by atoms with Crippen LogP contribution < -0.4 is 22.3 Å². The van der Waals surface area contributed by atoms with E-state index in [1.54, 1.807) is 13.8 Å². The van der Waals surface area contributed by atoms with E-state index >= 15 is 0 Å². The standard InChI is InChI=1S/C11H16N6O3/c1-11(2,8(12)19)15-9-13-5-6(14-9)16(3)10(20)17(4)7(5)18/h1-4H3,(H2,12,19)(H2,13,14,15). The van der Waals surface area contributed by atoms with Crippen molar-refractivity contribution in [3.8, 4) is 0 Å². The Bertz CT molecular complexity index is 810. The van der Waals surface area contributed by atoms with E-state index in [0.29, 0.717) is 0 Å². The Morgan fingerprint density at radius 3 is 2.45 bits per heavy atom. The molecule has 0 unspecified atom stereocenters. The van der Waals surface area contributed by atoms with Crippen LogP contribution in [0, 0.1) is 0 Å². The number of rotatable bonds is 3. The lowest BCUT2D eigenvalue weighted by atomic mass is 10.1. The highest BCUT2D eigenvalue weighted by Crippen LogP contribution is 2.14. The van der Waals surface area contributed by atoms with Gasteiger partial charge >= 0.3 is 5.69 Å². The smallest absolute Gasteiger partial charge is 0.332 e. The number of hydrogen-bond donors (Lipinski definition) is 3. The Morgan fingerprint density at radius 2 is 1.90 bits per heavy atom. The summed E-state index contributed by atoms with van der Waals surface area (Å²) >= 11 is 0. The molecule has 0 aliphatic carbocycles. The van der Waals surface area contributed by atoms with Crippen molar-refractivity contribution in [3.05, 3.63) is 20.8 Å². The molecule has 2 heterocycles. The Kier molecular flexibility index (Phi) is 2.92. The summed E-state index contributed by atoms with van der Waals surface area (Å²) in [6.07, 6.45) is 0. The second-order valence-corrected chi connectivity index (χ2v) is 5.10. The molecule has 0 fully saturated rings. The monoisotopic (exact) mass is 280 g/mol. The topological polar surface area (TPSA) is 128 Å². The predicted octanol–water partition coefficient (Wildman–Crippen LogP) is -1.36. The van der Waals surface area contributed by atoms with Gasteiger partial charge in [0.15, 0.2) is 11.2 Å². The SMILES string of the molecule is Cn1c(=O)c2[nH]c(NC(C)(C)C(N)=O)nc2n(C)c1=O. The van der Waals surface area contributed by atoms with Crippen LogP contribution in [-0.4, -0.2) is 30.5 Å². The van der Waals surface area contributed by atoms with Crippen LogP contribution in [0.2, 0.25) is 0 Å². The minimum absolute atomic E-state index is 0.178. The van der Waals surface area contributed by atoms with Crippen molar-refractivity contribution < 1.29 is 4.79 Å². The summed E-state index contributed by atoms with van der Waals surface area (Å²) in [7, 11) is 2.89. The predicted molar refractivity (Wildman–Crippen MR) is 73.5 cm³/mol. The third-order valence-electron chi connectivity index (χ3n) is 3.14. The van der Waals surface area contributed by atoms with Crippen molar-refractivity contribution in [2.75, 3.05) is 5.32 Å². The van der Waals surface area contributed by atoms with Crippen molar-refractivity contribution >= 4 is 23.0 Å². The summed E-state index contributed by atoms with van der Waals surface area (Å²) in [5.74, 6) is -0.373. The highest BCUT2D eigenvalue weighted by atomic mass is 16.2. The number of anilines is 1. The number of aromatic nitrogens is 4. The van der Waals surface area contributed by atoms with Gasteiger partial charge in [-0.25, -0.2) is 4.79 Å². The lowest BCUT2D eigenvalue weighted by Gasteiger charge is -2.21. The first-order chi connectivity index (χ1) is 9.15. The lowest BCUT2D eigenvalue weighted by Crippen LogP contribution is -2.45. The number of nitrogens with two attached hydrogens (primary N) is 1. The molecule has 0 saturated carbocycles. The minimum atomic E-state index is -1.04. The molecule has 0 aliphatic rings. The quantitative estimate of drug-likeness (QED) is 0.639. The van der Waals surface area contributed by atoms with Gasteiger partial charge in [-0.05, 0) is 13.8 Å². The number of hydrogen-bond acceptors (Lipinski definition) is 5. The fourth-order valence-electron chi connectivity index (χ4n) is 1.74. The molecule has 0 bridgehead atoms. The fourth-order valence-corrected chi connectivity index (χ4v) is 1.74. The van der Waals surface area contributed by atoms with Gasteiger partial charge < -0.3 is 16.0 Å². The van der Waals surface area contributed by atoms with Gasteiger partial charge in [-0.2, -0.15) is 4.98 Å². The van der Waals surface area contributed by atoms with Crippen LogP contribution in [0.15, 0.2) is 9.59 Å². The van der Waals surface area contributed by atoms with Gasteiger partial charge in [-0.1, -0.05) is 0 Å². The molecule has 0 aliphatic heterocycles. The van der Waals surface area contributed by atoms with E-state index in [-0.39, 0.29) is 17.1 Å². The summed E-state index contributed by atoms with van der Waals surface area (Å²) in [5, 5.41) is 2.80. The molecule has 1 amide bonds. The molecule has 0 aromatic carbocycles. The van der Waals surface area contributed by atoms with E-state index in [2.05, 4.69) is 15.3 Å². The average molecular weight is 280 g/mol. The lowest BCUT2D eigenvalue weighted by molar-refractivity contribution is -0.121. The maximum absolute atomic E-state index is 12.0. The third kappa shape index (κ3) is 1.96. The number of nitrogens with zero attached hydrogens (tertiary/aromatic N) is 3. The zero-order valence-corrected chi connectivity index (χ0v) is 11.6. The molecule has 0 saturated heterocycles. The number of nitrogens with one attached hydrogen (secondary N) is 2. The Balaban J connectivity index is 2.64. The van der Waals surface area contributed by atoms with Crippen LogP contribution in [0.4, 0.5) is 5.95 Å². The number of carbonyl (C=O) groups is 1. The zero-order chi connectivity index (χ0) is 15.2. The van der Waals surface area contributed by atoms with Gasteiger partial charge in [0.2, 0.25) is 11.9 Å². The molecule has 2 aromatic rings. The number of amides is 1. The van der Waals surface area contributed by atoms with Gasteiger partial charge in [-0.3, -0.25) is 18.7 Å². The Labute approximate surface area is 113 Å². The second kappa shape index (κ2) is 4.22. The maximum Gasteiger partial charge on any atom is 0.332 e. The number of primary amides is 1. The normalized spacial score (nSPS) is 11.8. The van der Waals surface area contributed by atoms with E-state index in [1.807, 2.05) is 0 Å². The summed E-state index contributed by atoms with van der Waals surface area (Å²) < 4.78 is 2.22. The van der Waals surface area contributed by atoms with Crippen LogP contribution in [0.1, 0.15) is 13.8 Å². The largest absolute Gasteiger partial charge is 0.368 e. The van der Waals surface area contributed by atoms with Crippen molar-refractivity contribution in [1.82, 2.24) is 19.1 Å². The molecule has 2 rings (SSSR count). The molecule has 9 nitrogen and oxygen atoms in total. The van der Waals surface area contributed by atoms with Crippen molar-refractivity contribution in [2.24, 2.45) is 19.8 Å². The van der Waals surface area contributed by atoms with Gasteiger partial charge in [0.1, 0.15) is 5.54 Å². The van der Waals surface area contributed by atoms with Crippen LogP contribution in [0.3, 0.4) is 0 Å². The number of aromatic amines is 1. The van der Waals surface area contributed by atoms with Crippen molar-refractivity contribution in [1.29, 1.82) is 0 Å². The van der Waals surface area contributed by atoms with Crippen molar-refractivity contribution in [3.63, 3.8) is 0 Å². The third-order valence-corrected chi connectivity index (χ3v) is 3.14. The van der Waals surface area contributed by atoms with Crippen molar-refractivity contribution in [2.45, 2.75) is 19.4 Å². The van der Waals surface area contributed by atoms with Crippen LogP contribution >= 0.6 is 0 Å². The van der Waals surface area contributed by atoms with E-state index in [9.17, 15) is 14.4 Å². The molecule has 108 valence electrons. The molecule has 0 spiro atoms. The van der Waals surface area contributed by atoms with E-state index in [0.717, 1.165) is 4.57 Å².